The molecule has 2 aromatic carbocycles. The van der Waals surface area contributed by atoms with Crippen LogP contribution in [0.25, 0.3) is 0 Å². The number of nitrogens with zero attached hydrogens (tertiary/aromatic N) is 1. The second kappa shape index (κ2) is 8.52. The summed E-state index contributed by atoms with van der Waals surface area (Å²) >= 11 is 3.19. The molecule has 1 unspecified atom stereocenters. The van der Waals surface area contributed by atoms with Crippen molar-refractivity contribution in [2.45, 2.75) is 17.2 Å². The Morgan fingerprint density at radius 3 is 2.29 bits per heavy atom. The molecule has 0 bridgehead atoms. The summed E-state index contributed by atoms with van der Waals surface area (Å²) in [7, 11) is 0. The zero-order valence-electron chi connectivity index (χ0n) is 15.5. The number of hydrogen-bond acceptors (Lipinski definition) is 6. The first-order chi connectivity index (χ1) is 13.4. The molecule has 0 radical (unpaired) electrons. The maximum Gasteiger partial charge on any atom is 0.284 e. The number of ketones is 2. The molecular weight excluding hydrogens is 489 g/mol. The second-order valence-corrected chi connectivity index (χ2v) is 9.32. The van der Waals surface area contributed by atoms with Gasteiger partial charge in [0.1, 0.15) is 3.38 Å². The quantitative estimate of drug-likeness (QED) is 0.175. The number of carbonyl (C=O) groups excluding carboxylic acids is 3. The first kappa shape index (κ1) is 20.7. The molecule has 6 nitrogen and oxygen atoms in total. The van der Waals surface area contributed by atoms with E-state index in [0.717, 1.165) is 11.8 Å². The molecule has 1 aliphatic carbocycles. The molecule has 1 atom stereocenters. The van der Waals surface area contributed by atoms with Gasteiger partial charge in [0.2, 0.25) is 0 Å². The fourth-order valence-corrected chi connectivity index (χ4v) is 4.87. The van der Waals surface area contributed by atoms with Crippen LogP contribution in [-0.4, -0.2) is 38.2 Å². The van der Waals surface area contributed by atoms with Crippen molar-refractivity contribution in [3.8, 4) is 0 Å². The number of carbonyl (C=O) groups is 3. The molecular formula is C20H20IN3O3S. The summed E-state index contributed by atoms with van der Waals surface area (Å²) in [5, 5.41) is 3.10. The van der Waals surface area contributed by atoms with E-state index in [0.29, 0.717) is 41.2 Å². The van der Waals surface area contributed by atoms with Gasteiger partial charge < -0.3 is 16.0 Å². The molecule has 28 heavy (non-hydrogen) atoms. The number of nitrogen functional groups attached to an aromatic ring is 1. The lowest BCUT2D eigenvalue weighted by molar-refractivity contribution is 0.0979. The van der Waals surface area contributed by atoms with Crippen molar-refractivity contribution in [1.29, 1.82) is 0 Å². The Balaban J connectivity index is 1.95. The number of rotatable bonds is 5. The topological polar surface area (TPSA) is 92.5 Å². The standard InChI is InChI=1S/C20H20IN3O3S/c1-3-24(4-2)20(27)28-19(21)23-16-14(22)10-9-13-15(16)18(26)12-8-6-5-7-11(12)17(13)25/h5-10,19,23H,3-4,22H2,1-2H3. The summed E-state index contributed by atoms with van der Waals surface area (Å²) in [6.45, 7) is 5.09. The first-order valence-electron chi connectivity index (χ1n) is 8.86. The van der Waals surface area contributed by atoms with Gasteiger partial charge in [-0.25, -0.2) is 0 Å². The monoisotopic (exact) mass is 509 g/mol. The van der Waals surface area contributed by atoms with Crippen LogP contribution in [0.5, 0.6) is 0 Å². The van der Waals surface area contributed by atoms with Crippen molar-refractivity contribution in [1.82, 2.24) is 4.90 Å². The summed E-state index contributed by atoms with van der Waals surface area (Å²) in [5.41, 5.74) is 8.23. The minimum Gasteiger partial charge on any atom is -0.397 e. The van der Waals surface area contributed by atoms with Crippen LogP contribution in [0.4, 0.5) is 16.2 Å². The van der Waals surface area contributed by atoms with Crippen LogP contribution in [-0.2, 0) is 0 Å². The Morgan fingerprint density at radius 1 is 1.07 bits per heavy atom. The smallest absolute Gasteiger partial charge is 0.284 e. The van der Waals surface area contributed by atoms with E-state index in [4.69, 9.17) is 5.73 Å². The summed E-state index contributed by atoms with van der Waals surface area (Å²) in [6, 6.07) is 9.96. The number of halogens is 1. The predicted octanol–water partition coefficient (Wildman–Crippen LogP) is 4.37. The average molecular weight is 509 g/mol. The fraction of sp³-hybridized carbons (Fsp3) is 0.250. The van der Waals surface area contributed by atoms with Crippen molar-refractivity contribution in [3.05, 3.63) is 58.7 Å². The van der Waals surface area contributed by atoms with E-state index >= 15 is 0 Å². The van der Waals surface area contributed by atoms with Crippen LogP contribution in [0.2, 0.25) is 0 Å². The highest BCUT2D eigenvalue weighted by Gasteiger charge is 2.33. The molecule has 146 valence electrons. The molecule has 0 spiro atoms. The number of amides is 1. The predicted molar refractivity (Wildman–Crippen MR) is 122 cm³/mol. The van der Waals surface area contributed by atoms with E-state index in [-0.39, 0.29) is 25.7 Å². The van der Waals surface area contributed by atoms with Gasteiger partial charge >= 0.3 is 0 Å². The van der Waals surface area contributed by atoms with Crippen LogP contribution in [0, 0.1) is 0 Å². The van der Waals surface area contributed by atoms with Gasteiger partial charge in [-0.3, -0.25) is 14.4 Å². The maximum atomic E-state index is 13.1. The number of nitrogens with one attached hydrogen (secondary N) is 1. The van der Waals surface area contributed by atoms with Crippen LogP contribution in [0.15, 0.2) is 36.4 Å². The first-order valence-corrected chi connectivity index (χ1v) is 11.0. The molecule has 8 heteroatoms. The van der Waals surface area contributed by atoms with E-state index in [1.165, 1.54) is 0 Å². The average Bonchev–Trinajstić information content (AvgIpc) is 2.68. The third-order valence-electron chi connectivity index (χ3n) is 4.61. The Kier molecular flexibility index (Phi) is 6.29. The molecule has 3 rings (SSSR count). The van der Waals surface area contributed by atoms with Crippen molar-refractivity contribution in [3.63, 3.8) is 0 Å². The van der Waals surface area contributed by atoms with Gasteiger partial charge in [0, 0.05) is 29.8 Å². The van der Waals surface area contributed by atoms with E-state index in [9.17, 15) is 14.4 Å². The summed E-state index contributed by atoms with van der Waals surface area (Å²) < 4.78 is -0.362. The summed E-state index contributed by atoms with van der Waals surface area (Å²) in [5.74, 6) is -0.450. The zero-order chi connectivity index (χ0) is 20.4. The van der Waals surface area contributed by atoms with Gasteiger partial charge in [0.15, 0.2) is 11.6 Å². The molecule has 0 heterocycles. The number of fused-ring (bicyclic) bond motifs is 2. The highest BCUT2D eigenvalue weighted by molar-refractivity contribution is 14.1. The number of anilines is 2. The van der Waals surface area contributed by atoms with E-state index < -0.39 is 0 Å². The lowest BCUT2D eigenvalue weighted by Crippen LogP contribution is -2.29. The molecule has 0 saturated carbocycles. The molecule has 1 amide bonds. The van der Waals surface area contributed by atoms with Gasteiger partial charge in [0.05, 0.1) is 16.9 Å². The van der Waals surface area contributed by atoms with Gasteiger partial charge in [-0.2, -0.15) is 0 Å². The van der Waals surface area contributed by atoms with Gasteiger partial charge in [-0.05, 0) is 60.3 Å². The van der Waals surface area contributed by atoms with Crippen LogP contribution < -0.4 is 11.1 Å². The maximum absolute atomic E-state index is 13.1. The normalized spacial score (nSPS) is 13.5. The molecule has 0 aliphatic heterocycles. The molecule has 1 aliphatic rings. The van der Waals surface area contributed by atoms with Crippen molar-refractivity contribution in [2.24, 2.45) is 0 Å². The van der Waals surface area contributed by atoms with E-state index in [1.807, 2.05) is 13.8 Å². The Labute approximate surface area is 181 Å². The highest BCUT2D eigenvalue weighted by atomic mass is 127. The largest absolute Gasteiger partial charge is 0.397 e. The van der Waals surface area contributed by atoms with Crippen LogP contribution in [0.1, 0.15) is 45.7 Å². The number of thioether (sulfide) groups is 1. The fourth-order valence-electron chi connectivity index (χ4n) is 3.15. The number of alkyl halides is 1. The second-order valence-electron chi connectivity index (χ2n) is 6.17. The summed E-state index contributed by atoms with van der Waals surface area (Å²) in [6.07, 6.45) is 0. The Hall–Kier alpha value is -2.07. The molecule has 2 aromatic rings. The van der Waals surface area contributed by atoms with Gasteiger partial charge in [0.25, 0.3) is 5.24 Å². The number of benzene rings is 2. The zero-order valence-corrected chi connectivity index (χ0v) is 18.5. The van der Waals surface area contributed by atoms with Crippen molar-refractivity contribution in [2.75, 3.05) is 24.1 Å². The SMILES string of the molecule is CCN(CC)C(=O)SC(I)Nc1c(N)ccc2c1C(=O)c1ccccc1C2=O. The van der Waals surface area contributed by atoms with Gasteiger partial charge in [-0.1, -0.05) is 24.3 Å². The highest BCUT2D eigenvalue weighted by Crippen LogP contribution is 2.37. The molecule has 0 fully saturated rings. The Bertz CT molecular complexity index is 960. The lowest BCUT2D eigenvalue weighted by Gasteiger charge is -2.24. The van der Waals surface area contributed by atoms with E-state index in [2.05, 4.69) is 27.9 Å². The number of nitrogens with two attached hydrogens (primary N) is 1. The van der Waals surface area contributed by atoms with Crippen LogP contribution in [0.3, 0.4) is 0 Å². The Morgan fingerprint density at radius 2 is 1.68 bits per heavy atom. The minimum absolute atomic E-state index is 0.0620. The van der Waals surface area contributed by atoms with E-state index in [1.54, 1.807) is 41.3 Å². The minimum atomic E-state index is -0.362. The van der Waals surface area contributed by atoms with Crippen molar-refractivity contribution < 1.29 is 14.4 Å². The van der Waals surface area contributed by atoms with Gasteiger partial charge in [-0.15, -0.1) is 0 Å². The summed E-state index contributed by atoms with van der Waals surface area (Å²) in [4.78, 5) is 40.0. The van der Waals surface area contributed by atoms with Crippen molar-refractivity contribution >= 4 is 62.5 Å². The molecule has 0 saturated heterocycles. The molecule has 3 N–H and O–H groups in total. The molecule has 0 aromatic heterocycles. The third-order valence-corrected chi connectivity index (χ3v) is 6.47. The van der Waals surface area contributed by atoms with Crippen LogP contribution >= 0.6 is 34.4 Å². The number of hydrogen-bond donors (Lipinski definition) is 2. The third kappa shape index (κ3) is 3.75. The lowest BCUT2D eigenvalue weighted by atomic mass is 9.83.